The fourth-order valence-corrected chi connectivity index (χ4v) is 3.18. The number of rotatable bonds is 6. The third-order valence-electron chi connectivity index (χ3n) is 4.60. The fraction of sp³-hybridized carbons (Fsp3) is 0.389. The minimum Gasteiger partial charge on any atom is -0.493 e. The van der Waals surface area contributed by atoms with Gasteiger partial charge in [0.25, 0.3) is 5.89 Å². The highest BCUT2D eigenvalue weighted by atomic mass is 16.5. The van der Waals surface area contributed by atoms with E-state index in [0.717, 1.165) is 30.8 Å². The summed E-state index contributed by atoms with van der Waals surface area (Å²) in [7, 11) is 3.23. The molecule has 26 heavy (non-hydrogen) atoms. The predicted molar refractivity (Wildman–Crippen MR) is 94.5 cm³/mol. The summed E-state index contributed by atoms with van der Waals surface area (Å²) in [4.78, 5) is 4.47. The summed E-state index contributed by atoms with van der Waals surface area (Å²) in [5.41, 5.74) is 2.79. The Morgan fingerprint density at radius 1 is 1.19 bits per heavy atom. The summed E-state index contributed by atoms with van der Waals surface area (Å²) in [6, 6.07) is 7.72. The molecule has 2 N–H and O–H groups in total. The van der Waals surface area contributed by atoms with E-state index in [2.05, 4.69) is 25.7 Å². The highest BCUT2D eigenvalue weighted by Crippen LogP contribution is 2.29. The smallest absolute Gasteiger partial charge is 0.278 e. The van der Waals surface area contributed by atoms with E-state index in [-0.39, 0.29) is 0 Å². The van der Waals surface area contributed by atoms with Crippen molar-refractivity contribution in [3.05, 3.63) is 41.3 Å². The van der Waals surface area contributed by atoms with Gasteiger partial charge in [0.1, 0.15) is 0 Å². The van der Waals surface area contributed by atoms with Crippen LogP contribution in [0.3, 0.4) is 0 Å². The Bertz CT molecular complexity index is 883. The first-order valence-electron chi connectivity index (χ1n) is 8.56. The van der Waals surface area contributed by atoms with Crippen molar-refractivity contribution < 1.29 is 14.0 Å². The van der Waals surface area contributed by atoms with Crippen LogP contribution in [0, 0.1) is 0 Å². The third-order valence-corrected chi connectivity index (χ3v) is 4.60. The molecule has 1 fully saturated rings. The van der Waals surface area contributed by atoms with Crippen LogP contribution in [0.15, 0.2) is 28.8 Å². The number of H-pyrrole nitrogens is 1. The number of nitrogens with zero attached hydrogens (tertiary/aromatic N) is 3. The van der Waals surface area contributed by atoms with Crippen molar-refractivity contribution >= 4 is 0 Å². The van der Waals surface area contributed by atoms with Crippen LogP contribution in [0.1, 0.15) is 29.4 Å². The lowest BCUT2D eigenvalue weighted by Gasteiger charge is -2.08. The molecule has 0 radical (unpaired) electrons. The molecular formula is C18H21N5O3. The van der Waals surface area contributed by atoms with Gasteiger partial charge in [-0.05, 0) is 36.7 Å². The lowest BCUT2D eigenvalue weighted by molar-refractivity contribution is 0.354. The molecule has 136 valence electrons. The first kappa shape index (κ1) is 16.6. The zero-order chi connectivity index (χ0) is 17.9. The van der Waals surface area contributed by atoms with Crippen molar-refractivity contribution in [2.24, 2.45) is 0 Å². The van der Waals surface area contributed by atoms with Gasteiger partial charge in [0.05, 0.1) is 14.2 Å². The van der Waals surface area contributed by atoms with E-state index in [1.807, 2.05) is 24.3 Å². The third kappa shape index (κ3) is 3.28. The maximum absolute atomic E-state index is 5.39. The van der Waals surface area contributed by atoms with Crippen LogP contribution in [0.5, 0.6) is 11.5 Å². The molecule has 3 heterocycles. The summed E-state index contributed by atoms with van der Waals surface area (Å²) < 4.78 is 16.0. The molecule has 4 rings (SSSR count). The van der Waals surface area contributed by atoms with Crippen LogP contribution in [-0.2, 0) is 6.42 Å². The summed E-state index contributed by atoms with van der Waals surface area (Å²) in [5, 5.41) is 14.8. The number of hydrogen-bond donors (Lipinski definition) is 2. The van der Waals surface area contributed by atoms with Crippen LogP contribution in [0.25, 0.3) is 11.6 Å². The maximum Gasteiger partial charge on any atom is 0.278 e. The van der Waals surface area contributed by atoms with Gasteiger partial charge in [-0.25, -0.2) is 0 Å². The molecule has 1 aliphatic rings. The van der Waals surface area contributed by atoms with E-state index >= 15 is 0 Å². The Morgan fingerprint density at radius 2 is 2.08 bits per heavy atom. The van der Waals surface area contributed by atoms with Gasteiger partial charge in [-0.3, -0.25) is 5.10 Å². The number of ether oxygens (including phenoxy) is 2. The molecule has 8 heteroatoms. The summed E-state index contributed by atoms with van der Waals surface area (Å²) in [6.45, 7) is 2.01. The zero-order valence-corrected chi connectivity index (χ0v) is 14.8. The zero-order valence-electron chi connectivity index (χ0n) is 14.8. The maximum atomic E-state index is 5.39. The number of nitrogens with one attached hydrogen (secondary N) is 2. The second-order valence-corrected chi connectivity index (χ2v) is 6.28. The molecule has 1 saturated heterocycles. The van der Waals surface area contributed by atoms with Crippen LogP contribution in [0.2, 0.25) is 0 Å². The Kier molecular flexibility index (Phi) is 4.57. The average Bonchev–Trinajstić information content (AvgIpc) is 3.41. The Balaban J connectivity index is 1.49. The lowest BCUT2D eigenvalue weighted by atomic mass is 10.1. The first-order valence-corrected chi connectivity index (χ1v) is 8.56. The van der Waals surface area contributed by atoms with E-state index < -0.39 is 0 Å². The number of aromatic amines is 1. The van der Waals surface area contributed by atoms with Gasteiger partial charge < -0.3 is 19.3 Å². The first-order chi connectivity index (χ1) is 12.8. The number of methoxy groups -OCH3 is 2. The SMILES string of the molecule is COc1ccc(Cc2noc(-c3cc(C4CCNC4)[nH]n3)n2)cc1OC. The van der Waals surface area contributed by atoms with E-state index in [0.29, 0.717) is 41.2 Å². The van der Waals surface area contributed by atoms with Crippen LogP contribution in [-0.4, -0.2) is 47.6 Å². The highest BCUT2D eigenvalue weighted by Gasteiger charge is 2.21. The molecule has 8 nitrogen and oxygen atoms in total. The van der Waals surface area contributed by atoms with Gasteiger partial charge >= 0.3 is 0 Å². The van der Waals surface area contributed by atoms with Crippen LogP contribution in [0.4, 0.5) is 0 Å². The van der Waals surface area contributed by atoms with E-state index in [1.54, 1.807) is 14.2 Å². The molecule has 1 aliphatic heterocycles. The summed E-state index contributed by atoms with van der Waals surface area (Å²) in [5.74, 6) is 2.85. The van der Waals surface area contributed by atoms with Crippen molar-refractivity contribution in [2.45, 2.75) is 18.8 Å². The quantitative estimate of drug-likeness (QED) is 0.699. The monoisotopic (exact) mass is 355 g/mol. The Hall–Kier alpha value is -2.87. The van der Waals surface area contributed by atoms with Gasteiger partial charge in [-0.2, -0.15) is 10.1 Å². The van der Waals surface area contributed by atoms with Gasteiger partial charge in [-0.15, -0.1) is 0 Å². The molecule has 1 unspecified atom stereocenters. The summed E-state index contributed by atoms with van der Waals surface area (Å²) in [6.07, 6.45) is 1.64. The van der Waals surface area contributed by atoms with Gasteiger partial charge in [0, 0.05) is 24.6 Å². The normalized spacial score (nSPS) is 16.8. The average molecular weight is 355 g/mol. The molecule has 0 aliphatic carbocycles. The van der Waals surface area contributed by atoms with Gasteiger partial charge in [0.15, 0.2) is 23.0 Å². The van der Waals surface area contributed by atoms with E-state index in [1.165, 1.54) is 0 Å². The number of aromatic nitrogens is 4. The molecule has 1 atom stereocenters. The molecule has 0 amide bonds. The highest BCUT2D eigenvalue weighted by molar-refractivity contribution is 5.48. The standard InChI is InChI=1S/C18H21N5O3/c1-24-15-4-3-11(7-16(15)25-2)8-17-20-18(26-23-17)14-9-13(21-22-14)12-5-6-19-10-12/h3-4,7,9,12,19H,5-6,8,10H2,1-2H3,(H,21,22). The van der Waals surface area contributed by atoms with Gasteiger partial charge in [-0.1, -0.05) is 11.2 Å². The van der Waals surface area contributed by atoms with Gasteiger partial charge in [0.2, 0.25) is 0 Å². The largest absolute Gasteiger partial charge is 0.493 e. The predicted octanol–water partition coefficient (Wildman–Crippen LogP) is 2.14. The summed E-state index contributed by atoms with van der Waals surface area (Å²) >= 11 is 0. The molecule has 0 spiro atoms. The Morgan fingerprint density at radius 3 is 2.85 bits per heavy atom. The number of benzene rings is 1. The Labute approximate surface area is 150 Å². The molecule has 0 bridgehead atoms. The molecule has 2 aromatic heterocycles. The number of hydrogen-bond acceptors (Lipinski definition) is 7. The fourth-order valence-electron chi connectivity index (χ4n) is 3.18. The van der Waals surface area contributed by atoms with Crippen molar-refractivity contribution in [1.82, 2.24) is 25.7 Å². The topological polar surface area (TPSA) is 98.1 Å². The molecule has 3 aromatic rings. The minimum atomic E-state index is 0.425. The van der Waals surface area contributed by atoms with Crippen molar-refractivity contribution in [2.75, 3.05) is 27.3 Å². The second kappa shape index (κ2) is 7.17. The molecule has 1 aromatic carbocycles. The van der Waals surface area contributed by atoms with E-state index in [9.17, 15) is 0 Å². The van der Waals surface area contributed by atoms with Crippen LogP contribution < -0.4 is 14.8 Å². The second-order valence-electron chi connectivity index (χ2n) is 6.28. The minimum absolute atomic E-state index is 0.425. The molecular weight excluding hydrogens is 334 g/mol. The van der Waals surface area contributed by atoms with Crippen molar-refractivity contribution in [3.63, 3.8) is 0 Å². The van der Waals surface area contributed by atoms with Crippen LogP contribution >= 0.6 is 0 Å². The van der Waals surface area contributed by atoms with E-state index in [4.69, 9.17) is 14.0 Å². The van der Waals surface area contributed by atoms with Crippen molar-refractivity contribution in [3.8, 4) is 23.1 Å². The van der Waals surface area contributed by atoms with Crippen molar-refractivity contribution in [1.29, 1.82) is 0 Å². The molecule has 0 saturated carbocycles. The lowest BCUT2D eigenvalue weighted by Crippen LogP contribution is -2.08.